The number of rotatable bonds is 6. The molecule has 0 spiro atoms. The Bertz CT molecular complexity index is 377. The molecule has 0 aliphatic rings. The molecule has 0 bridgehead atoms. The highest BCUT2D eigenvalue weighted by molar-refractivity contribution is 8.13. The average molecular weight is 254 g/mol. The zero-order valence-corrected chi connectivity index (χ0v) is 11.3. The Hall–Kier alpha value is -1.16. The molecule has 4 heteroatoms. The van der Waals surface area contributed by atoms with E-state index in [9.17, 15) is 4.79 Å². The minimum Gasteiger partial charge on any atom is -0.497 e. The fourth-order valence-corrected chi connectivity index (χ4v) is 2.22. The Balaban J connectivity index is 2.73. The van der Waals surface area contributed by atoms with Gasteiger partial charge in [0.1, 0.15) is 11.5 Å². The van der Waals surface area contributed by atoms with Crippen LogP contribution in [0.2, 0.25) is 0 Å². The van der Waals surface area contributed by atoms with Crippen molar-refractivity contribution in [2.24, 2.45) is 0 Å². The quantitative estimate of drug-likeness (QED) is 0.728. The zero-order valence-electron chi connectivity index (χ0n) is 10.5. The van der Waals surface area contributed by atoms with Crippen LogP contribution in [0, 0.1) is 0 Å². The van der Waals surface area contributed by atoms with Crippen molar-refractivity contribution < 1.29 is 14.3 Å². The molecule has 0 saturated carbocycles. The number of hydrogen-bond donors (Lipinski definition) is 0. The predicted molar refractivity (Wildman–Crippen MR) is 69.9 cm³/mol. The van der Waals surface area contributed by atoms with Gasteiger partial charge < -0.3 is 9.47 Å². The van der Waals surface area contributed by atoms with Gasteiger partial charge in [-0.2, -0.15) is 0 Å². The molecule has 3 nitrogen and oxygen atoms in total. The lowest BCUT2D eigenvalue weighted by atomic mass is 10.3. The first kappa shape index (κ1) is 13.9. The van der Waals surface area contributed by atoms with Gasteiger partial charge in [-0.15, -0.1) is 0 Å². The van der Waals surface area contributed by atoms with E-state index in [1.807, 2.05) is 12.1 Å². The number of benzene rings is 1. The van der Waals surface area contributed by atoms with Crippen molar-refractivity contribution in [3.63, 3.8) is 0 Å². The average Bonchev–Trinajstić information content (AvgIpc) is 2.36. The van der Waals surface area contributed by atoms with Crippen molar-refractivity contribution in [2.75, 3.05) is 14.2 Å². The van der Waals surface area contributed by atoms with Crippen LogP contribution in [0.25, 0.3) is 0 Å². The van der Waals surface area contributed by atoms with Crippen LogP contribution in [-0.2, 0) is 4.79 Å². The molecule has 0 aromatic heterocycles. The summed E-state index contributed by atoms with van der Waals surface area (Å²) in [6.45, 7) is 2.08. The van der Waals surface area contributed by atoms with Gasteiger partial charge in [0.05, 0.1) is 19.1 Å². The maximum atomic E-state index is 11.7. The van der Waals surface area contributed by atoms with Crippen molar-refractivity contribution in [3.05, 3.63) is 18.2 Å². The van der Waals surface area contributed by atoms with Crippen molar-refractivity contribution in [2.45, 2.75) is 31.1 Å². The molecule has 0 aliphatic carbocycles. The second-order valence-electron chi connectivity index (χ2n) is 3.59. The van der Waals surface area contributed by atoms with Gasteiger partial charge in [-0.3, -0.25) is 4.79 Å². The second-order valence-corrected chi connectivity index (χ2v) is 4.69. The summed E-state index contributed by atoms with van der Waals surface area (Å²) in [5, 5.41) is 0.176. The number of thioether (sulfide) groups is 1. The summed E-state index contributed by atoms with van der Waals surface area (Å²) in [6, 6.07) is 5.47. The SMILES string of the molecule is CCCCC(=O)Sc1ccc(OC)cc1OC. The molecular weight excluding hydrogens is 236 g/mol. The van der Waals surface area contributed by atoms with E-state index in [-0.39, 0.29) is 5.12 Å². The highest BCUT2D eigenvalue weighted by atomic mass is 32.2. The molecule has 0 aliphatic heterocycles. The summed E-state index contributed by atoms with van der Waals surface area (Å²) in [5.74, 6) is 1.41. The summed E-state index contributed by atoms with van der Waals surface area (Å²) >= 11 is 1.23. The van der Waals surface area contributed by atoms with Crippen molar-refractivity contribution in [1.82, 2.24) is 0 Å². The summed E-state index contributed by atoms with van der Waals surface area (Å²) in [6.07, 6.45) is 2.58. The zero-order chi connectivity index (χ0) is 12.7. The third kappa shape index (κ3) is 4.30. The Kier molecular flexibility index (Phi) is 5.91. The third-order valence-electron chi connectivity index (χ3n) is 2.33. The topological polar surface area (TPSA) is 35.5 Å². The van der Waals surface area contributed by atoms with E-state index in [1.165, 1.54) is 11.8 Å². The van der Waals surface area contributed by atoms with Gasteiger partial charge in [0.2, 0.25) is 0 Å². The van der Waals surface area contributed by atoms with Gasteiger partial charge in [-0.1, -0.05) is 13.3 Å². The van der Waals surface area contributed by atoms with Crippen LogP contribution in [-0.4, -0.2) is 19.3 Å². The first-order valence-corrected chi connectivity index (χ1v) is 6.45. The molecule has 0 amide bonds. The van der Waals surface area contributed by atoms with Crippen molar-refractivity contribution in [1.29, 1.82) is 0 Å². The Labute approximate surface area is 106 Å². The molecule has 0 heterocycles. The lowest BCUT2D eigenvalue weighted by Crippen LogP contribution is -1.94. The van der Waals surface area contributed by atoms with E-state index in [4.69, 9.17) is 9.47 Å². The first-order valence-electron chi connectivity index (χ1n) is 5.64. The minimum absolute atomic E-state index is 0.176. The standard InChI is InChI=1S/C13H18O3S/c1-4-5-6-13(14)17-12-8-7-10(15-2)9-11(12)16-3/h7-9H,4-6H2,1-3H3. The molecule has 1 rings (SSSR count). The second kappa shape index (κ2) is 7.22. The predicted octanol–water partition coefficient (Wildman–Crippen LogP) is 3.51. The minimum atomic E-state index is 0.176. The number of carbonyl (C=O) groups excluding carboxylic acids is 1. The maximum absolute atomic E-state index is 11.7. The van der Waals surface area contributed by atoms with Crippen LogP contribution in [0.1, 0.15) is 26.2 Å². The van der Waals surface area contributed by atoms with E-state index in [2.05, 4.69) is 6.92 Å². The Morgan fingerprint density at radius 2 is 2.06 bits per heavy atom. The van der Waals surface area contributed by atoms with Crippen LogP contribution < -0.4 is 9.47 Å². The molecule has 0 saturated heterocycles. The molecule has 0 unspecified atom stereocenters. The van der Waals surface area contributed by atoms with Gasteiger partial charge in [0.25, 0.3) is 0 Å². The van der Waals surface area contributed by atoms with E-state index in [0.717, 1.165) is 23.5 Å². The molecule has 0 fully saturated rings. The van der Waals surface area contributed by atoms with Gasteiger partial charge >= 0.3 is 0 Å². The molecule has 0 atom stereocenters. The molecule has 0 N–H and O–H groups in total. The third-order valence-corrected chi connectivity index (χ3v) is 3.32. The van der Waals surface area contributed by atoms with Gasteiger partial charge in [0.15, 0.2) is 5.12 Å². The van der Waals surface area contributed by atoms with E-state index in [1.54, 1.807) is 20.3 Å². The highest BCUT2D eigenvalue weighted by Crippen LogP contribution is 2.33. The Morgan fingerprint density at radius 3 is 2.65 bits per heavy atom. The summed E-state index contributed by atoms with van der Waals surface area (Å²) < 4.78 is 10.3. The van der Waals surface area contributed by atoms with Crippen LogP contribution in [0.15, 0.2) is 23.1 Å². The number of hydrogen-bond acceptors (Lipinski definition) is 4. The highest BCUT2D eigenvalue weighted by Gasteiger charge is 2.10. The van der Waals surface area contributed by atoms with Crippen LogP contribution in [0.3, 0.4) is 0 Å². The summed E-state index contributed by atoms with van der Waals surface area (Å²) in [7, 11) is 3.20. The lowest BCUT2D eigenvalue weighted by Gasteiger charge is -2.09. The molecule has 94 valence electrons. The number of ether oxygens (including phenoxy) is 2. The lowest BCUT2D eigenvalue weighted by molar-refractivity contribution is -0.111. The summed E-state index contributed by atoms with van der Waals surface area (Å²) in [4.78, 5) is 12.5. The number of carbonyl (C=O) groups is 1. The van der Waals surface area contributed by atoms with Crippen molar-refractivity contribution in [3.8, 4) is 11.5 Å². The molecule has 17 heavy (non-hydrogen) atoms. The van der Waals surface area contributed by atoms with E-state index in [0.29, 0.717) is 12.2 Å². The molecule has 1 aromatic rings. The molecule has 0 radical (unpaired) electrons. The molecular formula is C13H18O3S. The Morgan fingerprint density at radius 1 is 1.29 bits per heavy atom. The fraction of sp³-hybridized carbons (Fsp3) is 0.462. The van der Waals surface area contributed by atoms with E-state index >= 15 is 0 Å². The summed E-state index contributed by atoms with van der Waals surface area (Å²) in [5.41, 5.74) is 0. The van der Waals surface area contributed by atoms with Gasteiger partial charge in [-0.05, 0) is 30.3 Å². The first-order chi connectivity index (χ1) is 8.21. The van der Waals surface area contributed by atoms with Crippen LogP contribution in [0.5, 0.6) is 11.5 Å². The van der Waals surface area contributed by atoms with E-state index < -0.39 is 0 Å². The van der Waals surface area contributed by atoms with Gasteiger partial charge in [0, 0.05) is 12.5 Å². The maximum Gasteiger partial charge on any atom is 0.193 e. The van der Waals surface area contributed by atoms with Crippen molar-refractivity contribution >= 4 is 16.9 Å². The largest absolute Gasteiger partial charge is 0.497 e. The van der Waals surface area contributed by atoms with Crippen LogP contribution in [0.4, 0.5) is 0 Å². The normalized spacial score (nSPS) is 10.1. The number of unbranched alkanes of at least 4 members (excludes halogenated alkanes) is 1. The number of methoxy groups -OCH3 is 2. The fourth-order valence-electron chi connectivity index (χ4n) is 1.35. The smallest absolute Gasteiger partial charge is 0.193 e. The van der Waals surface area contributed by atoms with Gasteiger partial charge in [-0.25, -0.2) is 0 Å². The van der Waals surface area contributed by atoms with Crippen LogP contribution >= 0.6 is 11.8 Å². The molecule has 1 aromatic carbocycles. The monoisotopic (exact) mass is 254 g/mol.